The molecule has 0 spiro atoms. The third-order valence-corrected chi connectivity index (χ3v) is 7.14. The van der Waals surface area contributed by atoms with Crippen molar-refractivity contribution in [3.05, 3.63) is 76.4 Å². The molecule has 2 aliphatic rings. The standard InChI is InChI=1S/C26H27ClN4O/c27-26-18(14-17-4-2-8-23-21(17)7-3-11-30-23)5-1-6-22(26)19-15-24(28)31(25(29)16-19)20-9-12-32-13-10-20/h1-8,11,19-20,28-29H,9-10,12-16H2. The number of amidine groups is 2. The predicted molar refractivity (Wildman–Crippen MR) is 129 cm³/mol. The van der Waals surface area contributed by atoms with Crippen LogP contribution in [-0.2, 0) is 11.2 Å². The van der Waals surface area contributed by atoms with Crippen LogP contribution in [0.4, 0.5) is 0 Å². The van der Waals surface area contributed by atoms with E-state index in [1.54, 1.807) is 0 Å². The summed E-state index contributed by atoms with van der Waals surface area (Å²) >= 11 is 6.94. The van der Waals surface area contributed by atoms with Gasteiger partial charge in [-0.15, -0.1) is 0 Å². The fourth-order valence-electron chi connectivity index (χ4n) is 5.08. The third-order valence-electron chi connectivity index (χ3n) is 6.68. The van der Waals surface area contributed by atoms with Gasteiger partial charge in [0.05, 0.1) is 5.52 Å². The molecule has 164 valence electrons. The van der Waals surface area contributed by atoms with Crippen molar-refractivity contribution in [3.8, 4) is 0 Å². The van der Waals surface area contributed by atoms with Gasteiger partial charge in [-0.05, 0) is 54.0 Å². The molecule has 0 unspecified atom stereocenters. The zero-order valence-corrected chi connectivity index (χ0v) is 18.7. The van der Waals surface area contributed by atoms with Crippen molar-refractivity contribution in [3.63, 3.8) is 0 Å². The molecular formula is C26H27ClN4O. The maximum absolute atomic E-state index is 8.68. The highest BCUT2D eigenvalue weighted by molar-refractivity contribution is 6.32. The van der Waals surface area contributed by atoms with Gasteiger partial charge in [0.1, 0.15) is 11.7 Å². The molecule has 5 rings (SSSR count). The Bertz CT molecular complexity index is 1150. The number of rotatable bonds is 4. The molecule has 6 heteroatoms. The van der Waals surface area contributed by atoms with Gasteiger partial charge in [-0.25, -0.2) is 0 Å². The van der Waals surface area contributed by atoms with Crippen molar-refractivity contribution in [2.75, 3.05) is 13.2 Å². The van der Waals surface area contributed by atoms with E-state index >= 15 is 0 Å². The lowest BCUT2D eigenvalue weighted by Crippen LogP contribution is -2.50. The maximum Gasteiger partial charge on any atom is 0.102 e. The predicted octanol–water partition coefficient (Wildman–Crippen LogP) is 5.79. The summed E-state index contributed by atoms with van der Waals surface area (Å²) in [5.74, 6) is 1.12. The van der Waals surface area contributed by atoms with Crippen LogP contribution in [0, 0.1) is 10.8 Å². The van der Waals surface area contributed by atoms with Crippen LogP contribution in [0.2, 0.25) is 5.02 Å². The van der Waals surface area contributed by atoms with Crippen LogP contribution in [0.15, 0.2) is 54.7 Å². The zero-order chi connectivity index (χ0) is 22.1. The first-order valence-electron chi connectivity index (χ1n) is 11.2. The van der Waals surface area contributed by atoms with Crippen LogP contribution >= 0.6 is 11.6 Å². The first-order chi connectivity index (χ1) is 15.6. The van der Waals surface area contributed by atoms with Crippen molar-refractivity contribution < 1.29 is 4.74 Å². The number of likely N-dealkylation sites (tertiary alicyclic amines) is 1. The summed E-state index contributed by atoms with van der Waals surface area (Å²) in [7, 11) is 0. The number of nitrogens with zero attached hydrogens (tertiary/aromatic N) is 2. The topological polar surface area (TPSA) is 73.1 Å². The minimum Gasteiger partial charge on any atom is -0.381 e. The Hall–Kier alpha value is -2.76. The second-order valence-corrected chi connectivity index (χ2v) is 9.07. The largest absolute Gasteiger partial charge is 0.381 e. The number of halogens is 1. The molecule has 1 aromatic heterocycles. The van der Waals surface area contributed by atoms with Gasteiger partial charge in [-0.2, -0.15) is 0 Å². The van der Waals surface area contributed by atoms with E-state index in [1.807, 2.05) is 29.3 Å². The molecule has 32 heavy (non-hydrogen) atoms. The van der Waals surface area contributed by atoms with Crippen molar-refractivity contribution in [2.24, 2.45) is 0 Å². The van der Waals surface area contributed by atoms with E-state index in [0.29, 0.717) is 37.7 Å². The fourth-order valence-corrected chi connectivity index (χ4v) is 5.43. The van der Waals surface area contributed by atoms with Crippen molar-refractivity contribution in [2.45, 2.75) is 44.1 Å². The van der Waals surface area contributed by atoms with Gasteiger partial charge in [-0.1, -0.05) is 48.0 Å². The number of aromatic nitrogens is 1. The number of benzene rings is 2. The maximum atomic E-state index is 8.68. The van der Waals surface area contributed by atoms with E-state index < -0.39 is 0 Å². The molecule has 2 aromatic carbocycles. The number of nitrogens with one attached hydrogen (secondary N) is 2. The van der Waals surface area contributed by atoms with E-state index in [9.17, 15) is 0 Å². The third kappa shape index (κ3) is 4.03. The molecule has 2 fully saturated rings. The van der Waals surface area contributed by atoms with E-state index in [0.717, 1.165) is 46.3 Å². The first kappa shape index (κ1) is 21.1. The lowest BCUT2D eigenvalue weighted by atomic mass is 9.85. The van der Waals surface area contributed by atoms with Crippen LogP contribution in [0.25, 0.3) is 10.9 Å². The Morgan fingerprint density at radius 2 is 1.66 bits per heavy atom. The van der Waals surface area contributed by atoms with Gasteiger partial charge < -0.3 is 9.64 Å². The van der Waals surface area contributed by atoms with Crippen LogP contribution in [0.1, 0.15) is 48.3 Å². The molecule has 0 bridgehead atoms. The molecular weight excluding hydrogens is 420 g/mol. The molecule has 0 amide bonds. The summed E-state index contributed by atoms with van der Waals surface area (Å²) in [4.78, 5) is 6.40. The van der Waals surface area contributed by atoms with Gasteiger partial charge in [0.15, 0.2) is 0 Å². The van der Waals surface area contributed by atoms with E-state index in [4.69, 9.17) is 27.2 Å². The van der Waals surface area contributed by atoms with E-state index in [1.165, 1.54) is 5.56 Å². The number of hydrogen-bond acceptors (Lipinski definition) is 4. The molecule has 2 aliphatic heterocycles. The van der Waals surface area contributed by atoms with Gasteiger partial charge in [-0.3, -0.25) is 15.8 Å². The summed E-state index contributed by atoms with van der Waals surface area (Å²) in [5.41, 5.74) is 4.30. The number of fused-ring (bicyclic) bond motifs is 1. The van der Waals surface area contributed by atoms with Crippen LogP contribution in [-0.4, -0.2) is 40.8 Å². The Balaban J connectivity index is 1.39. The lowest BCUT2D eigenvalue weighted by molar-refractivity contribution is 0.0659. The van der Waals surface area contributed by atoms with Crippen LogP contribution < -0.4 is 0 Å². The molecule has 0 atom stereocenters. The minimum absolute atomic E-state index is 0.0627. The number of pyridine rings is 1. The van der Waals surface area contributed by atoms with Crippen LogP contribution in [0.3, 0.4) is 0 Å². The smallest absolute Gasteiger partial charge is 0.102 e. The monoisotopic (exact) mass is 446 g/mol. The summed E-state index contributed by atoms with van der Waals surface area (Å²) in [6, 6.07) is 16.7. The normalized spacial score (nSPS) is 20.2. The van der Waals surface area contributed by atoms with Gasteiger partial charge in [0.2, 0.25) is 0 Å². The minimum atomic E-state index is 0.0627. The molecule has 3 aromatic rings. The SMILES string of the molecule is N=C1CC(c2cccc(Cc3cccc4ncccc34)c2Cl)CC(=N)N1C1CCOCC1. The van der Waals surface area contributed by atoms with Gasteiger partial charge in [0.25, 0.3) is 0 Å². The molecule has 3 heterocycles. The number of ether oxygens (including phenoxy) is 1. The number of piperidine rings is 1. The Morgan fingerprint density at radius 1 is 0.938 bits per heavy atom. The molecule has 5 nitrogen and oxygen atoms in total. The summed E-state index contributed by atoms with van der Waals surface area (Å²) < 4.78 is 5.47. The Morgan fingerprint density at radius 3 is 2.44 bits per heavy atom. The fraction of sp³-hybridized carbons (Fsp3) is 0.346. The Kier molecular flexibility index (Phi) is 5.94. The summed E-state index contributed by atoms with van der Waals surface area (Å²) in [5, 5.41) is 19.3. The average molecular weight is 447 g/mol. The number of hydrogen-bond donors (Lipinski definition) is 2. The highest BCUT2D eigenvalue weighted by Crippen LogP contribution is 2.38. The second kappa shape index (κ2) is 9.00. The van der Waals surface area contributed by atoms with E-state index in [-0.39, 0.29) is 12.0 Å². The molecule has 0 saturated carbocycles. The Labute approximate surface area is 193 Å². The zero-order valence-electron chi connectivity index (χ0n) is 18.0. The lowest BCUT2D eigenvalue weighted by Gasteiger charge is -2.41. The first-order valence-corrected chi connectivity index (χ1v) is 11.6. The molecule has 2 N–H and O–H groups in total. The van der Waals surface area contributed by atoms with Gasteiger partial charge >= 0.3 is 0 Å². The van der Waals surface area contributed by atoms with Crippen LogP contribution in [0.5, 0.6) is 0 Å². The molecule has 0 aliphatic carbocycles. The quantitative estimate of drug-likeness (QED) is 0.532. The molecule has 2 saturated heterocycles. The summed E-state index contributed by atoms with van der Waals surface area (Å²) in [6.45, 7) is 1.42. The van der Waals surface area contributed by atoms with Crippen molar-refractivity contribution >= 4 is 34.2 Å². The highest BCUT2D eigenvalue weighted by atomic mass is 35.5. The highest BCUT2D eigenvalue weighted by Gasteiger charge is 2.34. The summed E-state index contributed by atoms with van der Waals surface area (Å²) in [6.07, 6.45) is 5.53. The van der Waals surface area contributed by atoms with Gasteiger partial charge in [0, 0.05) is 48.7 Å². The molecule has 0 radical (unpaired) electrons. The second-order valence-electron chi connectivity index (χ2n) is 8.70. The average Bonchev–Trinajstić information content (AvgIpc) is 2.81. The van der Waals surface area contributed by atoms with E-state index in [2.05, 4.69) is 35.3 Å². The van der Waals surface area contributed by atoms with Crippen molar-refractivity contribution in [1.82, 2.24) is 9.88 Å². The van der Waals surface area contributed by atoms with Crippen molar-refractivity contribution in [1.29, 1.82) is 10.8 Å².